The maximum atomic E-state index is 9.53. The molecule has 3 heteroatoms. The summed E-state index contributed by atoms with van der Waals surface area (Å²) in [6, 6.07) is 0. The molecule has 0 heterocycles. The Bertz CT molecular complexity index is 13.5. The summed E-state index contributed by atoms with van der Waals surface area (Å²) in [4.78, 5) is 0. The molecule has 27 valence electrons. The standard InChI is InChI=1S/C3H7O.2K/c1-3(2)4;;/h3H,1-2H3;;/q-1;;+1. The summed E-state index contributed by atoms with van der Waals surface area (Å²) in [5.41, 5.74) is 0. The number of hydrogen-bond acceptors (Lipinski definition) is 1. The first-order valence-corrected chi connectivity index (χ1v) is 1.39. The van der Waals surface area contributed by atoms with Crippen molar-refractivity contribution in [1.82, 2.24) is 0 Å². The Balaban J connectivity index is -0.0000000450. The van der Waals surface area contributed by atoms with Crippen LogP contribution in [0.2, 0.25) is 0 Å². The van der Waals surface area contributed by atoms with Crippen LogP contribution in [-0.2, 0) is 0 Å². The first kappa shape index (κ1) is 16.1. The van der Waals surface area contributed by atoms with E-state index in [2.05, 4.69) is 0 Å². The first-order valence-electron chi connectivity index (χ1n) is 1.39. The average Bonchev–Trinajstić information content (AvgIpc) is 0.811. The number of hydrogen-bond donors (Lipinski definition) is 0. The largest absolute Gasteiger partial charge is 1.00 e. The zero-order valence-corrected chi connectivity index (χ0v) is 11.2. The van der Waals surface area contributed by atoms with Crippen molar-refractivity contribution in [2.24, 2.45) is 0 Å². The van der Waals surface area contributed by atoms with Gasteiger partial charge in [0.15, 0.2) is 0 Å². The van der Waals surface area contributed by atoms with Gasteiger partial charge in [-0.2, -0.15) is 0 Å². The maximum absolute atomic E-state index is 9.53. The van der Waals surface area contributed by atoms with Gasteiger partial charge in [-0.05, 0) is 0 Å². The molecule has 0 saturated heterocycles. The molecule has 0 amide bonds. The Morgan fingerprint density at radius 1 is 1.33 bits per heavy atom. The Morgan fingerprint density at radius 3 is 1.33 bits per heavy atom. The predicted molar refractivity (Wildman–Crippen MR) is 20.9 cm³/mol. The van der Waals surface area contributed by atoms with Crippen LogP contribution in [-0.4, -0.2) is 57.5 Å². The van der Waals surface area contributed by atoms with E-state index in [1.54, 1.807) is 13.8 Å². The third kappa shape index (κ3) is 26.9. The van der Waals surface area contributed by atoms with Gasteiger partial charge < -0.3 is 5.11 Å². The van der Waals surface area contributed by atoms with E-state index >= 15 is 0 Å². The molecule has 1 radical (unpaired) electrons. The molecule has 0 spiro atoms. The fourth-order valence-corrected chi connectivity index (χ4v) is 0. The van der Waals surface area contributed by atoms with E-state index in [0.717, 1.165) is 0 Å². The summed E-state index contributed by atoms with van der Waals surface area (Å²) in [5, 5.41) is 9.53. The van der Waals surface area contributed by atoms with Crippen LogP contribution in [0.15, 0.2) is 0 Å². The van der Waals surface area contributed by atoms with E-state index < -0.39 is 6.10 Å². The molecule has 0 aliphatic heterocycles. The SMILES string of the molecule is CC(C)[O-].[K+].[K]. The van der Waals surface area contributed by atoms with Crippen molar-refractivity contribution < 1.29 is 56.5 Å². The summed E-state index contributed by atoms with van der Waals surface area (Å²) < 4.78 is 0. The molecule has 0 saturated carbocycles. The molecule has 0 rings (SSSR count). The quantitative estimate of drug-likeness (QED) is 0.316. The topological polar surface area (TPSA) is 23.1 Å². The zero-order chi connectivity index (χ0) is 3.58. The molecule has 0 bridgehead atoms. The summed E-state index contributed by atoms with van der Waals surface area (Å²) in [7, 11) is 0. The van der Waals surface area contributed by atoms with Gasteiger partial charge in [0.05, 0.1) is 0 Å². The van der Waals surface area contributed by atoms with Crippen LogP contribution < -0.4 is 56.5 Å². The second-order valence-electron chi connectivity index (χ2n) is 1.05. The van der Waals surface area contributed by atoms with Crippen molar-refractivity contribution in [1.29, 1.82) is 0 Å². The summed E-state index contributed by atoms with van der Waals surface area (Å²) >= 11 is 0. The predicted octanol–water partition coefficient (Wildman–Crippen LogP) is -3.62. The van der Waals surface area contributed by atoms with E-state index in [1.165, 1.54) is 0 Å². The molecule has 0 aliphatic rings. The summed E-state index contributed by atoms with van der Waals surface area (Å²) in [6.07, 6.45) is -0.417. The van der Waals surface area contributed by atoms with Gasteiger partial charge in [-0.15, -0.1) is 6.10 Å². The van der Waals surface area contributed by atoms with Gasteiger partial charge in [-0.3, -0.25) is 0 Å². The minimum Gasteiger partial charge on any atom is -0.852 e. The van der Waals surface area contributed by atoms with Gasteiger partial charge >= 0.3 is 51.4 Å². The first-order chi connectivity index (χ1) is 1.73. The van der Waals surface area contributed by atoms with Crippen LogP contribution in [0.5, 0.6) is 0 Å². The molecule has 0 aromatic carbocycles. The molecule has 0 fully saturated rings. The van der Waals surface area contributed by atoms with Gasteiger partial charge in [0.1, 0.15) is 0 Å². The monoisotopic (exact) mass is 137 g/mol. The van der Waals surface area contributed by atoms with Crippen LogP contribution in [0.4, 0.5) is 0 Å². The van der Waals surface area contributed by atoms with Crippen molar-refractivity contribution in [3.63, 3.8) is 0 Å². The van der Waals surface area contributed by atoms with E-state index in [4.69, 9.17) is 0 Å². The van der Waals surface area contributed by atoms with Crippen molar-refractivity contribution in [3.05, 3.63) is 0 Å². The van der Waals surface area contributed by atoms with E-state index in [0.29, 0.717) is 0 Å². The molecule has 0 unspecified atom stereocenters. The van der Waals surface area contributed by atoms with Crippen LogP contribution in [0, 0.1) is 0 Å². The molecular weight excluding hydrogens is 130 g/mol. The molecular formula is C3H7K2O. The Morgan fingerprint density at radius 2 is 1.33 bits per heavy atom. The van der Waals surface area contributed by atoms with Gasteiger partial charge in [-0.1, -0.05) is 13.8 Å². The molecule has 1 nitrogen and oxygen atoms in total. The van der Waals surface area contributed by atoms with Crippen LogP contribution in [0.1, 0.15) is 13.8 Å². The van der Waals surface area contributed by atoms with Crippen molar-refractivity contribution in [2.45, 2.75) is 20.0 Å². The van der Waals surface area contributed by atoms with Crippen molar-refractivity contribution >= 4 is 51.4 Å². The molecule has 0 atom stereocenters. The Hall–Kier alpha value is 3.23. The molecule has 0 aromatic heterocycles. The van der Waals surface area contributed by atoms with E-state index in [9.17, 15) is 5.11 Å². The fourth-order valence-electron chi connectivity index (χ4n) is 0. The zero-order valence-electron chi connectivity index (χ0n) is 4.99. The second-order valence-corrected chi connectivity index (χ2v) is 1.05. The normalized spacial score (nSPS) is 6.00. The van der Waals surface area contributed by atoms with Gasteiger partial charge in [0.2, 0.25) is 0 Å². The van der Waals surface area contributed by atoms with Crippen molar-refractivity contribution in [2.75, 3.05) is 0 Å². The van der Waals surface area contributed by atoms with E-state index in [1.807, 2.05) is 0 Å². The van der Waals surface area contributed by atoms with Gasteiger partial charge in [-0.25, -0.2) is 0 Å². The minimum absolute atomic E-state index is 0. The smallest absolute Gasteiger partial charge is 0.852 e. The molecule has 6 heavy (non-hydrogen) atoms. The average molecular weight is 137 g/mol. The Labute approximate surface area is 124 Å². The van der Waals surface area contributed by atoms with Crippen LogP contribution in [0.25, 0.3) is 0 Å². The minimum atomic E-state index is -0.417. The maximum Gasteiger partial charge on any atom is 1.00 e. The Kier molecular flexibility index (Phi) is 29.8. The summed E-state index contributed by atoms with van der Waals surface area (Å²) in [5.74, 6) is 0. The third-order valence-corrected chi connectivity index (χ3v) is 0. The second kappa shape index (κ2) is 11.1. The molecule has 0 aromatic rings. The van der Waals surface area contributed by atoms with Crippen LogP contribution >= 0.6 is 0 Å². The fraction of sp³-hybridized carbons (Fsp3) is 1.00. The van der Waals surface area contributed by atoms with E-state index in [-0.39, 0.29) is 103 Å². The summed E-state index contributed by atoms with van der Waals surface area (Å²) in [6.45, 7) is 3.22. The van der Waals surface area contributed by atoms with Crippen molar-refractivity contribution in [3.8, 4) is 0 Å². The number of rotatable bonds is 0. The molecule has 0 N–H and O–H groups in total. The van der Waals surface area contributed by atoms with Gasteiger partial charge in [0.25, 0.3) is 0 Å². The molecule has 0 aliphatic carbocycles. The third-order valence-electron chi connectivity index (χ3n) is 0. The van der Waals surface area contributed by atoms with Gasteiger partial charge in [0, 0.05) is 51.4 Å². The van der Waals surface area contributed by atoms with Crippen LogP contribution in [0.3, 0.4) is 0 Å².